The van der Waals surface area contributed by atoms with Gasteiger partial charge in [0.1, 0.15) is 12.2 Å². The summed E-state index contributed by atoms with van der Waals surface area (Å²) in [6.45, 7) is 2.11. The molecule has 0 fully saturated rings. The van der Waals surface area contributed by atoms with Gasteiger partial charge in [0.25, 0.3) is 0 Å². The van der Waals surface area contributed by atoms with E-state index >= 15 is 0 Å². The lowest BCUT2D eigenvalue weighted by Gasteiger charge is -2.16. The van der Waals surface area contributed by atoms with E-state index in [1.54, 1.807) is 18.5 Å². The highest BCUT2D eigenvalue weighted by Crippen LogP contribution is 2.24. The van der Waals surface area contributed by atoms with E-state index in [0.717, 1.165) is 18.4 Å². The summed E-state index contributed by atoms with van der Waals surface area (Å²) in [5.74, 6) is 0.583. The number of carbonyl (C=O) groups is 2. The lowest BCUT2D eigenvalue weighted by atomic mass is 9.90. The van der Waals surface area contributed by atoms with Crippen LogP contribution in [-0.2, 0) is 35.8 Å². The van der Waals surface area contributed by atoms with Crippen LogP contribution < -0.4 is 0 Å². The van der Waals surface area contributed by atoms with Crippen molar-refractivity contribution in [2.75, 3.05) is 12.4 Å². The highest BCUT2D eigenvalue weighted by Gasteiger charge is 2.17. The molecule has 26 heavy (non-hydrogen) atoms. The van der Waals surface area contributed by atoms with E-state index in [-0.39, 0.29) is 18.2 Å². The van der Waals surface area contributed by atoms with Gasteiger partial charge < -0.3 is 9.30 Å². The average molecular weight is 373 g/mol. The minimum Gasteiger partial charge on any atom is -0.466 e. The molecule has 1 aromatic carbocycles. The molecule has 0 bridgehead atoms. The highest BCUT2D eigenvalue weighted by atomic mass is 32.2. The SMILES string of the molecule is CCOC(=O)Cc1nnc(SCC(=O)c2ccc3c(c2)CCCC3)n1C. The predicted molar refractivity (Wildman–Crippen MR) is 99.5 cm³/mol. The van der Waals surface area contributed by atoms with Gasteiger partial charge in [-0.2, -0.15) is 0 Å². The molecule has 1 heterocycles. The lowest BCUT2D eigenvalue weighted by Crippen LogP contribution is -2.12. The molecule has 0 radical (unpaired) electrons. The van der Waals surface area contributed by atoms with Crippen LogP contribution in [-0.4, -0.2) is 38.9 Å². The monoisotopic (exact) mass is 373 g/mol. The third kappa shape index (κ3) is 4.33. The van der Waals surface area contributed by atoms with Gasteiger partial charge in [-0.1, -0.05) is 23.9 Å². The van der Waals surface area contributed by atoms with E-state index in [4.69, 9.17) is 4.74 Å². The van der Waals surface area contributed by atoms with Gasteiger partial charge in [-0.25, -0.2) is 0 Å². The largest absolute Gasteiger partial charge is 0.466 e. The molecule has 2 aromatic rings. The third-order valence-electron chi connectivity index (χ3n) is 4.54. The van der Waals surface area contributed by atoms with Crippen molar-refractivity contribution in [1.29, 1.82) is 0 Å². The number of ether oxygens (including phenoxy) is 1. The van der Waals surface area contributed by atoms with Gasteiger partial charge >= 0.3 is 5.97 Å². The van der Waals surface area contributed by atoms with Gasteiger partial charge in [0.05, 0.1) is 12.4 Å². The van der Waals surface area contributed by atoms with Gasteiger partial charge in [-0.05, 0) is 49.8 Å². The molecule has 3 rings (SSSR count). The maximum Gasteiger partial charge on any atom is 0.313 e. The lowest BCUT2D eigenvalue weighted by molar-refractivity contribution is -0.142. The smallest absolute Gasteiger partial charge is 0.313 e. The normalized spacial score (nSPS) is 13.3. The van der Waals surface area contributed by atoms with Crippen molar-refractivity contribution in [3.8, 4) is 0 Å². The van der Waals surface area contributed by atoms with Crippen LogP contribution in [0, 0.1) is 0 Å². The number of hydrogen-bond donors (Lipinski definition) is 0. The number of carbonyl (C=O) groups excluding carboxylic acids is 2. The molecule has 0 spiro atoms. The molecule has 0 saturated carbocycles. The quantitative estimate of drug-likeness (QED) is 0.422. The fraction of sp³-hybridized carbons (Fsp3) is 0.474. The van der Waals surface area contributed by atoms with E-state index in [9.17, 15) is 9.59 Å². The molecule has 1 aliphatic carbocycles. The van der Waals surface area contributed by atoms with Crippen LogP contribution in [0.15, 0.2) is 23.4 Å². The van der Waals surface area contributed by atoms with Crippen LogP contribution in [0.2, 0.25) is 0 Å². The Morgan fingerprint density at radius 1 is 1.19 bits per heavy atom. The van der Waals surface area contributed by atoms with E-state index in [2.05, 4.69) is 16.3 Å². The Morgan fingerprint density at radius 3 is 2.73 bits per heavy atom. The number of ketones is 1. The number of Topliss-reactive ketones (excluding diaryl/α,β-unsaturated/α-hetero) is 1. The molecule has 0 N–H and O–H groups in total. The fourth-order valence-electron chi connectivity index (χ4n) is 3.09. The summed E-state index contributed by atoms with van der Waals surface area (Å²) in [6.07, 6.45) is 4.68. The first-order valence-electron chi connectivity index (χ1n) is 8.90. The molecule has 0 aliphatic heterocycles. The number of fused-ring (bicyclic) bond motifs is 1. The van der Waals surface area contributed by atoms with Gasteiger partial charge in [0.2, 0.25) is 0 Å². The first kappa shape index (κ1) is 18.6. The van der Waals surface area contributed by atoms with Crippen molar-refractivity contribution in [2.45, 2.75) is 44.2 Å². The van der Waals surface area contributed by atoms with Gasteiger partial charge in [0, 0.05) is 12.6 Å². The Bertz CT molecular complexity index is 816. The number of aryl methyl sites for hydroxylation is 2. The molecule has 0 saturated heterocycles. The second-order valence-electron chi connectivity index (χ2n) is 6.34. The Morgan fingerprint density at radius 2 is 1.96 bits per heavy atom. The Kier molecular flexibility index (Phi) is 6.08. The molecule has 1 aromatic heterocycles. The number of nitrogens with zero attached hydrogens (tertiary/aromatic N) is 3. The standard InChI is InChI=1S/C19H23N3O3S/c1-3-25-18(24)11-17-20-21-19(22(17)2)26-12-16(23)15-9-8-13-6-4-5-7-14(13)10-15/h8-10H,3-7,11-12H2,1-2H3. The maximum atomic E-state index is 12.5. The Hall–Kier alpha value is -2.15. The van der Waals surface area contributed by atoms with Crippen molar-refractivity contribution in [2.24, 2.45) is 7.05 Å². The van der Waals surface area contributed by atoms with Crippen molar-refractivity contribution < 1.29 is 14.3 Å². The second-order valence-corrected chi connectivity index (χ2v) is 7.28. The third-order valence-corrected chi connectivity index (χ3v) is 5.56. The van der Waals surface area contributed by atoms with Crippen LogP contribution in [0.4, 0.5) is 0 Å². The molecule has 138 valence electrons. The number of rotatable bonds is 7. The summed E-state index contributed by atoms with van der Waals surface area (Å²) in [5, 5.41) is 8.73. The molecular weight excluding hydrogens is 350 g/mol. The molecule has 0 amide bonds. The number of esters is 1. The van der Waals surface area contributed by atoms with Crippen molar-refractivity contribution in [1.82, 2.24) is 14.8 Å². The van der Waals surface area contributed by atoms with Gasteiger partial charge in [0.15, 0.2) is 10.9 Å². The zero-order valence-corrected chi connectivity index (χ0v) is 16.0. The Balaban J connectivity index is 1.61. The van der Waals surface area contributed by atoms with Gasteiger partial charge in [-0.15, -0.1) is 10.2 Å². The second kappa shape index (κ2) is 8.49. The number of benzene rings is 1. The van der Waals surface area contributed by atoms with Crippen LogP contribution in [0.1, 0.15) is 47.1 Å². The number of thioether (sulfide) groups is 1. The first-order valence-corrected chi connectivity index (χ1v) is 9.88. The van der Waals surface area contributed by atoms with Crippen molar-refractivity contribution in [3.63, 3.8) is 0 Å². The van der Waals surface area contributed by atoms with E-state index in [1.807, 2.05) is 12.1 Å². The summed E-state index contributed by atoms with van der Waals surface area (Å²) < 4.78 is 6.67. The molecule has 0 unspecified atom stereocenters. The molecule has 7 heteroatoms. The molecular formula is C19H23N3O3S. The summed E-state index contributed by atoms with van der Waals surface area (Å²) >= 11 is 1.34. The maximum absolute atomic E-state index is 12.5. The zero-order chi connectivity index (χ0) is 18.5. The van der Waals surface area contributed by atoms with Crippen LogP contribution in [0.5, 0.6) is 0 Å². The number of aromatic nitrogens is 3. The molecule has 1 aliphatic rings. The highest BCUT2D eigenvalue weighted by molar-refractivity contribution is 7.99. The summed E-state index contributed by atoms with van der Waals surface area (Å²) in [6, 6.07) is 6.06. The average Bonchev–Trinajstić information content (AvgIpc) is 2.99. The summed E-state index contributed by atoms with van der Waals surface area (Å²) in [7, 11) is 1.79. The van der Waals surface area contributed by atoms with E-state index in [0.29, 0.717) is 23.3 Å². The first-order chi connectivity index (χ1) is 12.6. The van der Waals surface area contributed by atoms with E-state index in [1.165, 1.54) is 35.7 Å². The van der Waals surface area contributed by atoms with Crippen molar-refractivity contribution >= 4 is 23.5 Å². The fourth-order valence-corrected chi connectivity index (χ4v) is 3.91. The summed E-state index contributed by atoms with van der Waals surface area (Å²) in [4.78, 5) is 24.1. The van der Waals surface area contributed by atoms with Crippen LogP contribution >= 0.6 is 11.8 Å². The zero-order valence-electron chi connectivity index (χ0n) is 15.2. The number of hydrogen-bond acceptors (Lipinski definition) is 6. The van der Waals surface area contributed by atoms with Crippen LogP contribution in [0.25, 0.3) is 0 Å². The Labute approximate surface area is 157 Å². The van der Waals surface area contributed by atoms with Crippen LogP contribution in [0.3, 0.4) is 0 Å². The molecule has 0 atom stereocenters. The van der Waals surface area contributed by atoms with Crippen molar-refractivity contribution in [3.05, 3.63) is 40.7 Å². The minimum absolute atomic E-state index is 0.0800. The minimum atomic E-state index is -0.329. The van der Waals surface area contributed by atoms with E-state index < -0.39 is 0 Å². The molecule has 6 nitrogen and oxygen atoms in total. The topological polar surface area (TPSA) is 74.1 Å². The predicted octanol–water partition coefficient (Wildman–Crippen LogP) is 2.77. The summed E-state index contributed by atoms with van der Waals surface area (Å²) in [5.41, 5.74) is 3.44. The van der Waals surface area contributed by atoms with Gasteiger partial charge in [-0.3, -0.25) is 9.59 Å².